The molecule has 0 aromatic heterocycles. The first-order chi connectivity index (χ1) is 5.13. The molecule has 0 saturated heterocycles. The number of rotatable bonds is 5. The van der Waals surface area contributed by atoms with E-state index in [1.165, 1.54) is 0 Å². The Balaban J connectivity index is 3.70. The number of aliphatic hydroxyl groups is 2. The lowest BCUT2D eigenvalue weighted by Gasteiger charge is -2.22. The molecule has 0 rings (SSSR count). The van der Waals surface area contributed by atoms with Crippen LogP contribution in [-0.2, 0) is 0 Å². The zero-order valence-corrected chi connectivity index (χ0v) is 7.33. The third kappa shape index (κ3) is 3.70. The smallest absolute Gasteiger partial charge is 0.0738 e. The first-order valence-electron chi connectivity index (χ1n) is 4.18. The fraction of sp³-hybridized carbons (Fsp3) is 1.00. The molecule has 0 aliphatic rings. The molecule has 0 aromatic rings. The van der Waals surface area contributed by atoms with Crippen molar-refractivity contribution >= 4 is 0 Å². The third-order valence-corrected chi connectivity index (χ3v) is 1.98. The fourth-order valence-electron chi connectivity index (χ4n) is 1.16. The van der Waals surface area contributed by atoms with Crippen molar-refractivity contribution in [1.29, 1.82) is 0 Å². The van der Waals surface area contributed by atoms with Gasteiger partial charge in [0.1, 0.15) is 0 Å². The van der Waals surface area contributed by atoms with Gasteiger partial charge in [-0.3, -0.25) is 0 Å². The van der Waals surface area contributed by atoms with Gasteiger partial charge in [0, 0.05) is 0 Å². The molecule has 0 radical (unpaired) electrons. The molecule has 0 aliphatic carbocycles. The van der Waals surface area contributed by atoms with Crippen LogP contribution in [0.5, 0.6) is 0 Å². The lowest BCUT2D eigenvalue weighted by atomic mass is 9.95. The van der Waals surface area contributed by atoms with Crippen LogP contribution < -0.4 is 5.73 Å². The zero-order chi connectivity index (χ0) is 8.85. The van der Waals surface area contributed by atoms with Gasteiger partial charge in [-0.15, -0.1) is 0 Å². The Labute approximate surface area is 68.2 Å². The van der Waals surface area contributed by atoms with E-state index >= 15 is 0 Å². The molecule has 4 N–H and O–H groups in total. The molecule has 3 atom stereocenters. The van der Waals surface area contributed by atoms with Crippen LogP contribution >= 0.6 is 0 Å². The normalized spacial score (nSPS) is 19.4. The van der Waals surface area contributed by atoms with Gasteiger partial charge in [-0.25, -0.2) is 0 Å². The van der Waals surface area contributed by atoms with E-state index < -0.39 is 12.1 Å². The molecule has 3 unspecified atom stereocenters. The van der Waals surface area contributed by atoms with Crippen LogP contribution in [0.3, 0.4) is 0 Å². The Hall–Kier alpha value is -0.120. The number of nitrogens with two attached hydrogens (primary N) is 1. The minimum Gasteiger partial charge on any atom is -0.395 e. The number of hydrogen-bond donors (Lipinski definition) is 3. The van der Waals surface area contributed by atoms with E-state index in [1.54, 1.807) is 0 Å². The van der Waals surface area contributed by atoms with Crippen LogP contribution in [-0.4, -0.2) is 29.0 Å². The Morgan fingerprint density at radius 1 is 1.45 bits per heavy atom. The van der Waals surface area contributed by atoms with E-state index in [4.69, 9.17) is 10.8 Å². The van der Waals surface area contributed by atoms with Gasteiger partial charge in [0.2, 0.25) is 0 Å². The average molecular weight is 161 g/mol. The largest absolute Gasteiger partial charge is 0.395 e. The van der Waals surface area contributed by atoms with Crippen molar-refractivity contribution in [2.75, 3.05) is 6.61 Å². The molecule has 0 amide bonds. The molecule has 68 valence electrons. The van der Waals surface area contributed by atoms with Crippen LogP contribution in [0.1, 0.15) is 26.7 Å². The summed E-state index contributed by atoms with van der Waals surface area (Å²) in [6.45, 7) is 3.87. The minimum absolute atomic E-state index is 0.144. The van der Waals surface area contributed by atoms with Gasteiger partial charge in [-0.2, -0.15) is 0 Å². The second-order valence-corrected chi connectivity index (χ2v) is 3.10. The fourth-order valence-corrected chi connectivity index (χ4v) is 1.16. The zero-order valence-electron chi connectivity index (χ0n) is 7.33. The summed E-state index contributed by atoms with van der Waals surface area (Å²) in [7, 11) is 0. The molecular weight excluding hydrogens is 142 g/mol. The maximum Gasteiger partial charge on any atom is 0.0738 e. The van der Waals surface area contributed by atoms with Gasteiger partial charge in [-0.05, 0) is 12.3 Å². The quantitative estimate of drug-likeness (QED) is 0.536. The standard InChI is InChI=1S/C8H19NO2/c1-3-4-6(2)8(11)7(9)5-10/h6-8,10-11H,3-5,9H2,1-2H3. The van der Waals surface area contributed by atoms with E-state index in [2.05, 4.69) is 6.92 Å². The van der Waals surface area contributed by atoms with Gasteiger partial charge < -0.3 is 15.9 Å². The highest BCUT2D eigenvalue weighted by molar-refractivity contribution is 4.75. The summed E-state index contributed by atoms with van der Waals surface area (Å²) >= 11 is 0. The van der Waals surface area contributed by atoms with Crippen LogP contribution in [0.15, 0.2) is 0 Å². The summed E-state index contributed by atoms with van der Waals surface area (Å²) in [5.74, 6) is 0.183. The molecule has 11 heavy (non-hydrogen) atoms. The highest BCUT2D eigenvalue weighted by Crippen LogP contribution is 2.12. The van der Waals surface area contributed by atoms with Gasteiger partial charge in [0.05, 0.1) is 18.8 Å². The van der Waals surface area contributed by atoms with E-state index in [0.717, 1.165) is 12.8 Å². The molecular formula is C8H19NO2. The van der Waals surface area contributed by atoms with Crippen LogP contribution in [0.4, 0.5) is 0 Å². The first-order valence-corrected chi connectivity index (χ1v) is 4.18. The number of aliphatic hydroxyl groups excluding tert-OH is 2. The molecule has 3 nitrogen and oxygen atoms in total. The van der Waals surface area contributed by atoms with Crippen molar-refractivity contribution in [3.05, 3.63) is 0 Å². The SMILES string of the molecule is CCCC(C)C(O)C(N)CO. The van der Waals surface area contributed by atoms with Gasteiger partial charge in [0.25, 0.3) is 0 Å². The van der Waals surface area contributed by atoms with Crippen LogP contribution in [0.25, 0.3) is 0 Å². The Morgan fingerprint density at radius 2 is 2.00 bits per heavy atom. The molecule has 0 fully saturated rings. The average Bonchev–Trinajstić information content (AvgIpc) is 2.02. The van der Waals surface area contributed by atoms with Crippen molar-refractivity contribution in [3.63, 3.8) is 0 Å². The summed E-state index contributed by atoms with van der Waals surface area (Å²) in [4.78, 5) is 0. The first kappa shape index (κ1) is 10.9. The Kier molecular flexibility index (Phi) is 5.46. The van der Waals surface area contributed by atoms with Crippen molar-refractivity contribution in [2.45, 2.75) is 38.8 Å². The van der Waals surface area contributed by atoms with Gasteiger partial charge in [0.15, 0.2) is 0 Å². The van der Waals surface area contributed by atoms with Crippen molar-refractivity contribution < 1.29 is 10.2 Å². The maximum absolute atomic E-state index is 9.43. The van der Waals surface area contributed by atoms with Gasteiger partial charge in [-0.1, -0.05) is 20.3 Å². The summed E-state index contributed by atoms with van der Waals surface area (Å²) in [5, 5.41) is 18.1. The topological polar surface area (TPSA) is 66.5 Å². The Bertz CT molecular complexity index is 98.1. The molecule has 0 saturated carbocycles. The highest BCUT2D eigenvalue weighted by Gasteiger charge is 2.19. The lowest BCUT2D eigenvalue weighted by Crippen LogP contribution is -2.41. The highest BCUT2D eigenvalue weighted by atomic mass is 16.3. The van der Waals surface area contributed by atoms with E-state index in [0.29, 0.717) is 0 Å². The van der Waals surface area contributed by atoms with Crippen molar-refractivity contribution in [3.8, 4) is 0 Å². The third-order valence-electron chi connectivity index (χ3n) is 1.98. The molecule has 0 heterocycles. The summed E-state index contributed by atoms with van der Waals surface area (Å²) in [6, 6.07) is -0.489. The van der Waals surface area contributed by atoms with Crippen molar-refractivity contribution in [2.24, 2.45) is 11.7 Å². The molecule has 0 spiro atoms. The second kappa shape index (κ2) is 5.52. The minimum atomic E-state index is -0.569. The van der Waals surface area contributed by atoms with Crippen LogP contribution in [0, 0.1) is 5.92 Å². The molecule has 0 bridgehead atoms. The predicted octanol–water partition coefficient (Wildman–Crippen LogP) is 0.103. The second-order valence-electron chi connectivity index (χ2n) is 3.10. The monoisotopic (exact) mass is 161 g/mol. The number of hydrogen-bond acceptors (Lipinski definition) is 3. The van der Waals surface area contributed by atoms with Crippen molar-refractivity contribution in [1.82, 2.24) is 0 Å². The Morgan fingerprint density at radius 3 is 2.36 bits per heavy atom. The lowest BCUT2D eigenvalue weighted by molar-refractivity contribution is 0.0617. The predicted molar refractivity (Wildman–Crippen MR) is 45.1 cm³/mol. The molecule has 0 aromatic carbocycles. The van der Waals surface area contributed by atoms with Crippen LogP contribution in [0.2, 0.25) is 0 Å². The van der Waals surface area contributed by atoms with E-state index in [-0.39, 0.29) is 12.5 Å². The maximum atomic E-state index is 9.43. The summed E-state index contributed by atoms with van der Waals surface area (Å²) in [6.07, 6.45) is 1.42. The van der Waals surface area contributed by atoms with E-state index in [1.807, 2.05) is 6.92 Å². The molecule has 0 aliphatic heterocycles. The van der Waals surface area contributed by atoms with E-state index in [9.17, 15) is 5.11 Å². The molecule has 3 heteroatoms. The summed E-state index contributed by atoms with van der Waals surface area (Å²) in [5.41, 5.74) is 5.45. The van der Waals surface area contributed by atoms with Gasteiger partial charge >= 0.3 is 0 Å². The summed E-state index contributed by atoms with van der Waals surface area (Å²) < 4.78 is 0.